The molecule has 0 aliphatic heterocycles. The molecule has 7 nitrogen and oxygen atoms in total. The molecule has 0 saturated carbocycles. The van der Waals surface area contributed by atoms with Crippen molar-refractivity contribution >= 4 is 16.9 Å². The molecule has 3 aromatic heterocycles. The molecule has 7 heteroatoms. The van der Waals surface area contributed by atoms with Crippen LogP contribution in [0.15, 0.2) is 61.3 Å². The number of pyridine rings is 1. The highest BCUT2D eigenvalue weighted by molar-refractivity contribution is 5.87. The van der Waals surface area contributed by atoms with E-state index in [0.29, 0.717) is 18.0 Å². The number of hydrogen-bond donors (Lipinski definition) is 2. The van der Waals surface area contributed by atoms with E-state index >= 15 is 0 Å². The van der Waals surface area contributed by atoms with E-state index < -0.39 is 6.10 Å². The third-order valence-corrected chi connectivity index (χ3v) is 4.20. The molecule has 0 radical (unpaired) electrons. The lowest BCUT2D eigenvalue weighted by Gasteiger charge is -2.13. The maximum Gasteiger partial charge on any atom is 0.168 e. The van der Waals surface area contributed by atoms with E-state index in [1.54, 1.807) is 23.3 Å². The van der Waals surface area contributed by atoms with Crippen LogP contribution in [0.5, 0.6) is 0 Å². The highest BCUT2D eigenvalue weighted by Gasteiger charge is 2.13. The van der Waals surface area contributed by atoms with Crippen molar-refractivity contribution in [1.82, 2.24) is 24.7 Å². The predicted octanol–water partition coefficient (Wildman–Crippen LogP) is 2.66. The number of rotatable bonds is 5. The zero-order valence-electron chi connectivity index (χ0n) is 14.2. The maximum absolute atomic E-state index is 10.4. The molecule has 1 unspecified atom stereocenters. The molecule has 0 aliphatic carbocycles. The Morgan fingerprint density at radius 1 is 1.08 bits per heavy atom. The number of aliphatic hydroxyl groups excluding tert-OH is 1. The van der Waals surface area contributed by atoms with Gasteiger partial charge in [0.2, 0.25) is 0 Å². The smallest absolute Gasteiger partial charge is 0.168 e. The van der Waals surface area contributed by atoms with Gasteiger partial charge in [-0.2, -0.15) is 5.10 Å². The zero-order chi connectivity index (χ0) is 17.9. The molecular weight excluding hydrogens is 328 g/mol. The summed E-state index contributed by atoms with van der Waals surface area (Å²) in [7, 11) is 0. The second-order valence-corrected chi connectivity index (χ2v) is 6.03. The first-order valence-electron chi connectivity index (χ1n) is 8.30. The number of benzene rings is 1. The number of nitrogens with zero attached hydrogens (tertiary/aromatic N) is 5. The lowest BCUT2D eigenvalue weighted by molar-refractivity contribution is 0.191. The van der Waals surface area contributed by atoms with Gasteiger partial charge in [-0.05, 0) is 24.6 Å². The fourth-order valence-electron chi connectivity index (χ4n) is 2.76. The minimum absolute atomic E-state index is 0.343. The minimum atomic E-state index is -0.629. The highest BCUT2D eigenvalue weighted by atomic mass is 16.3. The average Bonchev–Trinajstić information content (AvgIpc) is 3.12. The number of aliphatic hydroxyl groups is 1. The summed E-state index contributed by atoms with van der Waals surface area (Å²) in [4.78, 5) is 12.7. The summed E-state index contributed by atoms with van der Waals surface area (Å²) in [5, 5.41) is 18.8. The summed E-state index contributed by atoms with van der Waals surface area (Å²) >= 11 is 0. The Labute approximate surface area is 150 Å². The largest absolute Gasteiger partial charge is 0.387 e. The molecule has 1 aromatic carbocycles. The Morgan fingerprint density at radius 3 is 2.62 bits per heavy atom. The van der Waals surface area contributed by atoms with Crippen molar-refractivity contribution in [1.29, 1.82) is 0 Å². The lowest BCUT2D eigenvalue weighted by atomic mass is 10.1. The van der Waals surface area contributed by atoms with Crippen LogP contribution in [0.3, 0.4) is 0 Å². The predicted molar refractivity (Wildman–Crippen MR) is 99.1 cm³/mol. The van der Waals surface area contributed by atoms with Crippen molar-refractivity contribution < 1.29 is 5.11 Å². The molecule has 0 spiro atoms. The van der Waals surface area contributed by atoms with E-state index in [1.807, 2.05) is 43.3 Å². The van der Waals surface area contributed by atoms with Gasteiger partial charge in [0.1, 0.15) is 12.1 Å². The Bertz CT molecular complexity index is 1010. The van der Waals surface area contributed by atoms with E-state index in [0.717, 1.165) is 22.2 Å². The third kappa shape index (κ3) is 3.12. The monoisotopic (exact) mass is 346 g/mol. The maximum atomic E-state index is 10.4. The van der Waals surface area contributed by atoms with Gasteiger partial charge in [0.25, 0.3) is 0 Å². The van der Waals surface area contributed by atoms with Gasteiger partial charge in [-0.3, -0.25) is 4.98 Å². The van der Waals surface area contributed by atoms with Crippen LogP contribution >= 0.6 is 0 Å². The fraction of sp³-hybridized carbons (Fsp3) is 0.158. The van der Waals surface area contributed by atoms with Crippen LogP contribution in [0.2, 0.25) is 0 Å². The number of hydrogen-bond acceptors (Lipinski definition) is 6. The van der Waals surface area contributed by atoms with Gasteiger partial charge in [0.05, 0.1) is 23.4 Å². The Kier molecular flexibility index (Phi) is 4.28. The summed E-state index contributed by atoms with van der Waals surface area (Å²) in [6.07, 6.45) is 6.00. The number of anilines is 1. The third-order valence-electron chi connectivity index (χ3n) is 4.20. The molecule has 3 heterocycles. The van der Waals surface area contributed by atoms with Crippen LogP contribution in [-0.4, -0.2) is 36.4 Å². The number of fused-ring (bicyclic) bond motifs is 1. The molecule has 0 saturated heterocycles. The standard InChI is InChI=1S/C19H18N6O/c1-13-2-4-14(5-3-13)17(26)11-21-18-16-10-24-25(19(16)23-12-22-18)15-6-8-20-9-7-15/h2-10,12,17,26H,11H2,1H3,(H,21,22,23). The van der Waals surface area contributed by atoms with Crippen LogP contribution in [0, 0.1) is 6.92 Å². The first kappa shape index (κ1) is 16.2. The summed E-state index contributed by atoms with van der Waals surface area (Å²) < 4.78 is 1.74. The minimum Gasteiger partial charge on any atom is -0.387 e. The van der Waals surface area contributed by atoms with Gasteiger partial charge >= 0.3 is 0 Å². The van der Waals surface area contributed by atoms with Gasteiger partial charge < -0.3 is 10.4 Å². The molecule has 0 aliphatic rings. The average molecular weight is 346 g/mol. The van der Waals surface area contributed by atoms with E-state index in [9.17, 15) is 5.11 Å². The van der Waals surface area contributed by atoms with E-state index in [1.165, 1.54) is 6.33 Å². The van der Waals surface area contributed by atoms with Gasteiger partial charge in [-0.1, -0.05) is 29.8 Å². The highest BCUT2D eigenvalue weighted by Crippen LogP contribution is 2.22. The normalized spacial score (nSPS) is 12.2. The molecule has 26 heavy (non-hydrogen) atoms. The van der Waals surface area contributed by atoms with E-state index in [2.05, 4.69) is 25.4 Å². The van der Waals surface area contributed by atoms with Gasteiger partial charge in [0, 0.05) is 18.9 Å². The van der Waals surface area contributed by atoms with Crippen molar-refractivity contribution in [2.45, 2.75) is 13.0 Å². The van der Waals surface area contributed by atoms with Crippen molar-refractivity contribution in [3.8, 4) is 5.69 Å². The summed E-state index contributed by atoms with van der Waals surface area (Å²) in [5.74, 6) is 0.640. The van der Waals surface area contributed by atoms with Crippen molar-refractivity contribution in [2.24, 2.45) is 0 Å². The molecule has 1 atom stereocenters. The summed E-state index contributed by atoms with van der Waals surface area (Å²) in [5.41, 5.74) is 3.59. The molecule has 4 rings (SSSR count). The van der Waals surface area contributed by atoms with Crippen LogP contribution in [0.4, 0.5) is 5.82 Å². The van der Waals surface area contributed by atoms with Gasteiger partial charge in [0.15, 0.2) is 5.65 Å². The SMILES string of the molecule is Cc1ccc(C(O)CNc2ncnc3c2cnn3-c2ccncc2)cc1. The Balaban J connectivity index is 1.57. The Hall–Kier alpha value is -3.32. The molecule has 0 bridgehead atoms. The van der Waals surface area contributed by atoms with Crippen LogP contribution in [0.25, 0.3) is 16.7 Å². The van der Waals surface area contributed by atoms with Crippen LogP contribution in [-0.2, 0) is 0 Å². The van der Waals surface area contributed by atoms with Crippen LogP contribution < -0.4 is 5.32 Å². The molecule has 130 valence electrons. The molecule has 0 amide bonds. The zero-order valence-corrected chi connectivity index (χ0v) is 14.2. The molecule has 0 fully saturated rings. The van der Waals surface area contributed by atoms with Crippen molar-refractivity contribution in [3.63, 3.8) is 0 Å². The van der Waals surface area contributed by atoms with Crippen LogP contribution in [0.1, 0.15) is 17.2 Å². The topological polar surface area (TPSA) is 88.8 Å². The fourth-order valence-corrected chi connectivity index (χ4v) is 2.76. The first-order chi connectivity index (χ1) is 12.7. The Morgan fingerprint density at radius 2 is 1.85 bits per heavy atom. The summed E-state index contributed by atoms with van der Waals surface area (Å²) in [6.45, 7) is 2.36. The van der Waals surface area contributed by atoms with Gasteiger partial charge in [-0.25, -0.2) is 14.6 Å². The molecule has 2 N–H and O–H groups in total. The number of nitrogens with one attached hydrogen (secondary N) is 1. The number of aryl methyl sites for hydroxylation is 1. The van der Waals surface area contributed by atoms with E-state index in [4.69, 9.17) is 0 Å². The lowest BCUT2D eigenvalue weighted by Crippen LogP contribution is -2.13. The van der Waals surface area contributed by atoms with Crippen molar-refractivity contribution in [2.75, 3.05) is 11.9 Å². The first-order valence-corrected chi connectivity index (χ1v) is 8.30. The quantitative estimate of drug-likeness (QED) is 0.577. The second kappa shape index (κ2) is 6.89. The second-order valence-electron chi connectivity index (χ2n) is 6.03. The molecular formula is C19H18N6O. The van der Waals surface area contributed by atoms with E-state index in [-0.39, 0.29) is 0 Å². The van der Waals surface area contributed by atoms with Gasteiger partial charge in [-0.15, -0.1) is 0 Å². The van der Waals surface area contributed by atoms with Crippen molar-refractivity contribution in [3.05, 3.63) is 72.4 Å². The summed E-state index contributed by atoms with van der Waals surface area (Å²) in [6, 6.07) is 11.6. The number of aromatic nitrogens is 5. The molecule has 4 aromatic rings.